The highest BCUT2D eigenvalue weighted by atomic mass is 16.6. The van der Waals surface area contributed by atoms with Crippen molar-refractivity contribution in [2.24, 2.45) is 0 Å². The van der Waals surface area contributed by atoms with Crippen molar-refractivity contribution in [3.05, 3.63) is 101 Å². The Balaban J connectivity index is 1.35. The minimum atomic E-state index is -0.976. The number of nitrogens with zero attached hydrogens (tertiary/aromatic N) is 3. The van der Waals surface area contributed by atoms with Gasteiger partial charge in [-0.25, -0.2) is 4.79 Å². The zero-order chi connectivity index (χ0) is 31.9. The van der Waals surface area contributed by atoms with Crippen LogP contribution in [0.2, 0.25) is 0 Å². The lowest BCUT2D eigenvalue weighted by Gasteiger charge is -2.40. The van der Waals surface area contributed by atoms with Crippen LogP contribution in [0.1, 0.15) is 61.8 Å². The molecular weight excluding hydrogens is 570 g/mol. The fourth-order valence-electron chi connectivity index (χ4n) is 7.01. The number of anilines is 1. The van der Waals surface area contributed by atoms with Crippen LogP contribution in [0.25, 0.3) is 0 Å². The molecule has 0 radical (unpaired) electrons. The predicted molar refractivity (Wildman–Crippen MR) is 169 cm³/mol. The molecule has 0 aliphatic carbocycles. The van der Waals surface area contributed by atoms with Crippen molar-refractivity contribution in [2.75, 3.05) is 11.4 Å². The van der Waals surface area contributed by atoms with Gasteiger partial charge in [-0.3, -0.25) is 19.3 Å². The Morgan fingerprint density at radius 1 is 0.778 bits per heavy atom. The third-order valence-electron chi connectivity index (χ3n) is 9.04. The number of hydrogen-bond acceptors (Lipinski definition) is 5. The van der Waals surface area contributed by atoms with E-state index in [4.69, 9.17) is 4.74 Å². The van der Waals surface area contributed by atoms with Gasteiger partial charge in [0.1, 0.15) is 17.7 Å². The number of likely N-dealkylation sites (tertiary alicyclic amines) is 1. The summed E-state index contributed by atoms with van der Waals surface area (Å²) in [5.74, 6) is -1.66. The molecule has 1 unspecified atom stereocenters. The number of carboxylic acids is 1. The maximum atomic E-state index is 14.6. The zero-order valence-corrected chi connectivity index (χ0v) is 25.9. The molecule has 9 heteroatoms. The smallest absolute Gasteiger partial charge is 0.415 e. The molecule has 4 atom stereocenters. The van der Waals surface area contributed by atoms with Gasteiger partial charge in [0.05, 0.1) is 12.1 Å². The van der Waals surface area contributed by atoms with Crippen LogP contribution in [-0.4, -0.2) is 69.1 Å². The summed E-state index contributed by atoms with van der Waals surface area (Å²) in [6, 6.07) is 22.8. The highest BCUT2D eigenvalue weighted by molar-refractivity contribution is 6.02. The van der Waals surface area contributed by atoms with E-state index in [-0.39, 0.29) is 30.7 Å². The Kier molecular flexibility index (Phi) is 8.12. The maximum absolute atomic E-state index is 14.6. The standard InChI is InChI=1S/C36H39N3O6/c1-36(2,3)45-35(44)39-29-16-10-9-14-25(29)18-31(39)34(43)38-22-27(23-11-5-4-6-12-23)19-30(38)33(42)37-21-26-15-8-7-13-24(26)17-28(37)20-32(40)41/h4-16,27-28,30-31H,17-22H2,1-3H3,(H,40,41)/t27-,28?,30-,31-/m1/s1. The Bertz CT molecular complexity index is 1620. The van der Waals surface area contributed by atoms with Gasteiger partial charge in [0, 0.05) is 31.5 Å². The van der Waals surface area contributed by atoms with Gasteiger partial charge in [-0.15, -0.1) is 0 Å². The molecule has 1 fully saturated rings. The van der Waals surface area contributed by atoms with Crippen molar-refractivity contribution in [1.82, 2.24) is 9.80 Å². The number of amides is 3. The topological polar surface area (TPSA) is 107 Å². The van der Waals surface area contributed by atoms with Gasteiger partial charge >= 0.3 is 12.1 Å². The normalized spacial score (nSPS) is 22.5. The van der Waals surface area contributed by atoms with Gasteiger partial charge in [-0.05, 0) is 61.9 Å². The molecule has 3 heterocycles. The highest BCUT2D eigenvalue weighted by Gasteiger charge is 2.49. The van der Waals surface area contributed by atoms with Crippen molar-refractivity contribution in [2.45, 2.75) is 82.6 Å². The second-order valence-corrected chi connectivity index (χ2v) is 13.2. The lowest BCUT2D eigenvalue weighted by molar-refractivity contribution is -0.148. The number of fused-ring (bicyclic) bond motifs is 2. The van der Waals surface area contributed by atoms with Crippen LogP contribution >= 0.6 is 0 Å². The third kappa shape index (κ3) is 6.16. The van der Waals surface area contributed by atoms with E-state index in [1.807, 2.05) is 78.9 Å². The van der Waals surface area contributed by atoms with E-state index in [1.54, 1.807) is 30.6 Å². The first-order valence-corrected chi connectivity index (χ1v) is 15.5. The minimum Gasteiger partial charge on any atom is -0.481 e. The fraction of sp³-hybridized carbons (Fsp3) is 0.389. The number of carbonyl (C=O) groups excluding carboxylic acids is 3. The zero-order valence-electron chi connectivity index (χ0n) is 25.9. The molecule has 1 saturated heterocycles. The average Bonchev–Trinajstić information content (AvgIpc) is 3.62. The van der Waals surface area contributed by atoms with E-state index in [0.29, 0.717) is 31.5 Å². The average molecular weight is 610 g/mol. The summed E-state index contributed by atoms with van der Waals surface area (Å²) in [4.78, 5) is 59.4. The minimum absolute atomic E-state index is 0.0992. The van der Waals surface area contributed by atoms with Gasteiger partial charge in [0.2, 0.25) is 11.8 Å². The Labute approximate surface area is 263 Å². The first kappa shape index (κ1) is 30.4. The Hall–Kier alpha value is -4.66. The molecular formula is C36H39N3O6. The molecule has 6 rings (SSSR count). The van der Waals surface area contributed by atoms with Crippen LogP contribution in [-0.2, 0) is 38.5 Å². The third-order valence-corrected chi connectivity index (χ3v) is 9.04. The van der Waals surface area contributed by atoms with Crippen LogP contribution in [0.5, 0.6) is 0 Å². The van der Waals surface area contributed by atoms with E-state index in [2.05, 4.69) is 0 Å². The van der Waals surface area contributed by atoms with E-state index in [1.165, 1.54) is 4.90 Å². The van der Waals surface area contributed by atoms with Gasteiger partial charge in [0.15, 0.2) is 0 Å². The van der Waals surface area contributed by atoms with E-state index < -0.39 is 35.8 Å². The van der Waals surface area contributed by atoms with Crippen molar-refractivity contribution in [3.63, 3.8) is 0 Å². The van der Waals surface area contributed by atoms with Crippen molar-refractivity contribution >= 4 is 29.6 Å². The first-order chi connectivity index (χ1) is 21.5. The number of rotatable bonds is 5. The van der Waals surface area contributed by atoms with Gasteiger partial charge in [-0.1, -0.05) is 72.8 Å². The van der Waals surface area contributed by atoms with Crippen molar-refractivity contribution < 1.29 is 29.0 Å². The first-order valence-electron chi connectivity index (χ1n) is 15.5. The lowest BCUT2D eigenvalue weighted by Crippen LogP contribution is -2.57. The van der Waals surface area contributed by atoms with Crippen LogP contribution in [0.3, 0.4) is 0 Å². The Morgan fingerprint density at radius 3 is 2.09 bits per heavy atom. The molecule has 3 amide bonds. The molecule has 45 heavy (non-hydrogen) atoms. The molecule has 3 aromatic carbocycles. The number of carbonyl (C=O) groups is 4. The molecule has 9 nitrogen and oxygen atoms in total. The van der Waals surface area contributed by atoms with E-state index in [0.717, 1.165) is 22.3 Å². The molecule has 234 valence electrons. The van der Waals surface area contributed by atoms with Gasteiger partial charge in [0.25, 0.3) is 0 Å². The largest absolute Gasteiger partial charge is 0.481 e. The quantitative estimate of drug-likeness (QED) is 0.428. The summed E-state index contributed by atoms with van der Waals surface area (Å²) in [5.41, 5.74) is 3.75. The SMILES string of the molecule is CC(C)(C)OC(=O)N1c2ccccc2C[C@@H]1C(=O)N1C[C@H](c2ccccc2)C[C@@H]1C(=O)N1Cc2ccccc2CC1CC(=O)O. The second kappa shape index (κ2) is 12.0. The molecule has 3 aliphatic rings. The molecule has 3 aromatic rings. The summed E-state index contributed by atoms with van der Waals surface area (Å²) < 4.78 is 5.75. The fourth-order valence-corrected chi connectivity index (χ4v) is 7.01. The number of ether oxygens (including phenoxy) is 1. The lowest BCUT2D eigenvalue weighted by atomic mass is 9.90. The molecule has 3 aliphatic heterocycles. The number of aliphatic carboxylic acids is 1. The van der Waals surface area contributed by atoms with Crippen LogP contribution in [0.4, 0.5) is 10.5 Å². The highest BCUT2D eigenvalue weighted by Crippen LogP contribution is 2.39. The Morgan fingerprint density at radius 2 is 1.40 bits per heavy atom. The van der Waals surface area contributed by atoms with Gasteiger partial charge in [-0.2, -0.15) is 0 Å². The number of hydrogen-bond donors (Lipinski definition) is 1. The second-order valence-electron chi connectivity index (χ2n) is 13.2. The molecule has 0 bridgehead atoms. The summed E-state index contributed by atoms with van der Waals surface area (Å²) in [5, 5.41) is 9.75. The van der Waals surface area contributed by atoms with Gasteiger partial charge < -0.3 is 19.6 Å². The van der Waals surface area contributed by atoms with E-state index >= 15 is 0 Å². The van der Waals surface area contributed by atoms with Crippen molar-refractivity contribution in [1.29, 1.82) is 0 Å². The molecule has 0 spiro atoms. The number of para-hydroxylation sites is 1. The maximum Gasteiger partial charge on any atom is 0.415 e. The summed E-state index contributed by atoms with van der Waals surface area (Å²) in [6.07, 6.45) is 0.342. The monoisotopic (exact) mass is 609 g/mol. The van der Waals surface area contributed by atoms with Crippen LogP contribution in [0, 0.1) is 0 Å². The van der Waals surface area contributed by atoms with Crippen LogP contribution in [0.15, 0.2) is 78.9 Å². The summed E-state index contributed by atoms with van der Waals surface area (Å²) >= 11 is 0. The van der Waals surface area contributed by atoms with Crippen LogP contribution < -0.4 is 4.90 Å². The predicted octanol–water partition coefficient (Wildman–Crippen LogP) is 5.17. The molecule has 0 saturated carbocycles. The summed E-state index contributed by atoms with van der Waals surface area (Å²) in [7, 11) is 0. The molecule has 1 N–H and O–H groups in total. The number of benzene rings is 3. The van der Waals surface area contributed by atoms with E-state index in [9.17, 15) is 24.3 Å². The number of carboxylic acid groups (broad SMARTS) is 1. The molecule has 0 aromatic heterocycles. The van der Waals surface area contributed by atoms with Crippen molar-refractivity contribution in [3.8, 4) is 0 Å². The summed E-state index contributed by atoms with van der Waals surface area (Å²) in [6.45, 7) is 5.94.